The summed E-state index contributed by atoms with van der Waals surface area (Å²) in [6.45, 7) is 1.77. The van der Waals surface area contributed by atoms with Crippen LogP contribution in [0.3, 0.4) is 0 Å². The lowest BCUT2D eigenvalue weighted by atomic mass is 9.83. The molecule has 0 spiro atoms. The van der Waals surface area contributed by atoms with Gasteiger partial charge in [-0.25, -0.2) is 0 Å². The average Bonchev–Trinajstić information content (AvgIpc) is 2.38. The lowest BCUT2D eigenvalue weighted by Gasteiger charge is -2.39. The quantitative estimate of drug-likeness (QED) is 0.842. The predicted molar refractivity (Wildman–Crippen MR) is 68.3 cm³/mol. The van der Waals surface area contributed by atoms with Crippen LogP contribution < -0.4 is 5.73 Å². The first-order valence-electron chi connectivity index (χ1n) is 6.17. The molecule has 0 radical (unpaired) electrons. The minimum Gasteiger partial charge on any atom is -0.330 e. The van der Waals surface area contributed by atoms with Gasteiger partial charge in [0.25, 0.3) is 0 Å². The Morgan fingerprint density at radius 2 is 2.24 bits per heavy atom. The fraction of sp³-hybridized carbons (Fsp3) is 0.500. The lowest BCUT2D eigenvalue weighted by Crippen LogP contribution is -2.39. The zero-order valence-corrected chi connectivity index (χ0v) is 10.3. The van der Waals surface area contributed by atoms with E-state index in [1.807, 2.05) is 18.2 Å². The van der Waals surface area contributed by atoms with Gasteiger partial charge in [-0.1, -0.05) is 18.2 Å². The monoisotopic (exact) mass is 229 g/mol. The van der Waals surface area contributed by atoms with Gasteiger partial charge in [0.1, 0.15) is 0 Å². The molecule has 1 aliphatic heterocycles. The molecule has 90 valence electrons. The molecule has 0 saturated carbocycles. The number of nitrogens with zero attached hydrogens (tertiary/aromatic N) is 2. The summed E-state index contributed by atoms with van der Waals surface area (Å²) >= 11 is 0. The smallest absolute Gasteiger partial charge is 0.0995 e. The SMILES string of the molecule is CN1CCCC(CN)C1c1ccccc1C#N. The Morgan fingerprint density at radius 1 is 1.47 bits per heavy atom. The van der Waals surface area contributed by atoms with Gasteiger partial charge in [-0.15, -0.1) is 0 Å². The van der Waals surface area contributed by atoms with E-state index < -0.39 is 0 Å². The Kier molecular flexibility index (Phi) is 3.78. The van der Waals surface area contributed by atoms with Crippen LogP contribution in [-0.2, 0) is 0 Å². The lowest BCUT2D eigenvalue weighted by molar-refractivity contribution is 0.125. The molecule has 2 unspecified atom stereocenters. The van der Waals surface area contributed by atoms with E-state index in [0.717, 1.165) is 24.1 Å². The summed E-state index contributed by atoms with van der Waals surface area (Å²) in [5, 5.41) is 9.19. The van der Waals surface area contributed by atoms with Crippen LogP contribution in [-0.4, -0.2) is 25.0 Å². The molecule has 1 aliphatic rings. The van der Waals surface area contributed by atoms with Crippen molar-refractivity contribution in [3.8, 4) is 6.07 Å². The number of benzene rings is 1. The molecule has 2 N–H and O–H groups in total. The third kappa shape index (κ3) is 2.33. The molecule has 1 fully saturated rings. The second-order valence-corrected chi connectivity index (χ2v) is 4.76. The standard InChI is InChI=1S/C14H19N3/c1-17-8-4-6-12(10-16)14(17)13-7-3-2-5-11(13)9-15/h2-3,5,7,12,14H,4,6,8,10,16H2,1H3. The van der Waals surface area contributed by atoms with Crippen molar-refractivity contribution in [2.75, 3.05) is 20.1 Å². The highest BCUT2D eigenvalue weighted by Crippen LogP contribution is 2.35. The summed E-state index contributed by atoms with van der Waals surface area (Å²) < 4.78 is 0. The van der Waals surface area contributed by atoms with E-state index in [9.17, 15) is 5.26 Å². The molecule has 17 heavy (non-hydrogen) atoms. The number of rotatable bonds is 2. The number of piperidine rings is 1. The van der Waals surface area contributed by atoms with Gasteiger partial charge in [-0.2, -0.15) is 5.26 Å². The van der Waals surface area contributed by atoms with E-state index in [1.165, 1.54) is 6.42 Å². The van der Waals surface area contributed by atoms with Crippen LogP contribution in [0.2, 0.25) is 0 Å². The Labute approximate surface area is 103 Å². The van der Waals surface area contributed by atoms with Crippen molar-refractivity contribution in [2.24, 2.45) is 11.7 Å². The maximum Gasteiger partial charge on any atom is 0.0995 e. The summed E-state index contributed by atoms with van der Waals surface area (Å²) in [6.07, 6.45) is 2.36. The fourth-order valence-electron chi connectivity index (χ4n) is 2.85. The normalized spacial score (nSPS) is 25.5. The number of nitrogens with two attached hydrogens (primary N) is 1. The molecule has 1 saturated heterocycles. The maximum atomic E-state index is 9.19. The summed E-state index contributed by atoms with van der Waals surface area (Å²) in [5.41, 5.74) is 7.79. The first-order chi connectivity index (χ1) is 8.27. The minimum atomic E-state index is 0.296. The van der Waals surface area contributed by atoms with Crippen LogP contribution in [0.1, 0.15) is 30.0 Å². The zero-order chi connectivity index (χ0) is 12.3. The first-order valence-corrected chi connectivity index (χ1v) is 6.17. The second kappa shape index (κ2) is 5.31. The molecule has 2 rings (SSSR count). The largest absolute Gasteiger partial charge is 0.330 e. The Bertz CT molecular complexity index is 422. The van der Waals surface area contributed by atoms with Crippen molar-refractivity contribution in [3.05, 3.63) is 35.4 Å². The molecule has 0 aromatic heterocycles. The van der Waals surface area contributed by atoms with E-state index in [1.54, 1.807) is 0 Å². The van der Waals surface area contributed by atoms with Gasteiger partial charge in [0.2, 0.25) is 0 Å². The minimum absolute atomic E-state index is 0.296. The van der Waals surface area contributed by atoms with Gasteiger partial charge in [0.05, 0.1) is 11.6 Å². The van der Waals surface area contributed by atoms with Crippen molar-refractivity contribution >= 4 is 0 Å². The fourth-order valence-corrected chi connectivity index (χ4v) is 2.85. The molecular weight excluding hydrogens is 210 g/mol. The molecule has 1 aromatic rings. The topological polar surface area (TPSA) is 53.0 Å². The van der Waals surface area contributed by atoms with Gasteiger partial charge in [0.15, 0.2) is 0 Å². The van der Waals surface area contributed by atoms with Gasteiger partial charge in [-0.3, -0.25) is 4.90 Å². The number of hydrogen-bond acceptors (Lipinski definition) is 3. The van der Waals surface area contributed by atoms with E-state index in [4.69, 9.17) is 5.73 Å². The summed E-state index contributed by atoms with van der Waals surface area (Å²) in [7, 11) is 2.13. The Hall–Kier alpha value is -1.37. The molecular formula is C14H19N3. The molecule has 1 aromatic carbocycles. The highest BCUT2D eigenvalue weighted by molar-refractivity contribution is 5.40. The van der Waals surface area contributed by atoms with Crippen LogP contribution >= 0.6 is 0 Å². The average molecular weight is 229 g/mol. The van der Waals surface area contributed by atoms with Gasteiger partial charge >= 0.3 is 0 Å². The highest BCUT2D eigenvalue weighted by Gasteiger charge is 2.30. The van der Waals surface area contributed by atoms with Crippen LogP contribution in [0.25, 0.3) is 0 Å². The van der Waals surface area contributed by atoms with E-state index in [0.29, 0.717) is 18.5 Å². The number of likely N-dealkylation sites (tertiary alicyclic amines) is 1. The van der Waals surface area contributed by atoms with Gasteiger partial charge in [-0.05, 0) is 50.5 Å². The number of hydrogen-bond donors (Lipinski definition) is 1. The van der Waals surface area contributed by atoms with Crippen molar-refractivity contribution < 1.29 is 0 Å². The first kappa shape index (κ1) is 12.1. The van der Waals surface area contributed by atoms with Crippen LogP contribution in [0.4, 0.5) is 0 Å². The molecule has 1 heterocycles. The molecule has 0 bridgehead atoms. The van der Waals surface area contributed by atoms with E-state index in [2.05, 4.69) is 24.1 Å². The zero-order valence-electron chi connectivity index (χ0n) is 10.3. The predicted octanol–water partition coefficient (Wildman–Crippen LogP) is 1.90. The molecule has 0 amide bonds. The van der Waals surface area contributed by atoms with Crippen molar-refractivity contribution in [1.29, 1.82) is 5.26 Å². The highest BCUT2D eigenvalue weighted by atomic mass is 15.1. The Balaban J connectivity index is 2.38. The number of nitriles is 1. The summed E-state index contributed by atoms with van der Waals surface area (Å²) in [5.74, 6) is 0.461. The van der Waals surface area contributed by atoms with E-state index in [-0.39, 0.29) is 0 Å². The van der Waals surface area contributed by atoms with E-state index >= 15 is 0 Å². The molecule has 2 atom stereocenters. The third-order valence-electron chi connectivity index (χ3n) is 3.71. The van der Waals surface area contributed by atoms with Crippen LogP contribution in [0, 0.1) is 17.2 Å². The van der Waals surface area contributed by atoms with Gasteiger partial charge < -0.3 is 5.73 Å². The van der Waals surface area contributed by atoms with Crippen molar-refractivity contribution in [3.63, 3.8) is 0 Å². The molecule has 3 nitrogen and oxygen atoms in total. The third-order valence-corrected chi connectivity index (χ3v) is 3.71. The van der Waals surface area contributed by atoms with Crippen molar-refractivity contribution in [1.82, 2.24) is 4.90 Å². The molecule has 0 aliphatic carbocycles. The summed E-state index contributed by atoms with van der Waals surface area (Å²) in [4.78, 5) is 2.33. The maximum absolute atomic E-state index is 9.19. The molecule has 3 heteroatoms. The van der Waals surface area contributed by atoms with Gasteiger partial charge in [0, 0.05) is 6.04 Å². The van der Waals surface area contributed by atoms with Crippen LogP contribution in [0.5, 0.6) is 0 Å². The van der Waals surface area contributed by atoms with Crippen molar-refractivity contribution in [2.45, 2.75) is 18.9 Å². The van der Waals surface area contributed by atoms with Crippen LogP contribution in [0.15, 0.2) is 24.3 Å². The second-order valence-electron chi connectivity index (χ2n) is 4.76. The Morgan fingerprint density at radius 3 is 2.94 bits per heavy atom. The summed E-state index contributed by atoms with van der Waals surface area (Å²) in [6, 6.07) is 10.5.